The second-order valence-electron chi connectivity index (χ2n) is 4.50. The summed E-state index contributed by atoms with van der Waals surface area (Å²) in [6.45, 7) is 0.747. The summed E-state index contributed by atoms with van der Waals surface area (Å²) in [6.07, 6.45) is 0. The fourth-order valence-corrected chi connectivity index (χ4v) is 2.46. The van der Waals surface area contributed by atoms with E-state index in [-0.39, 0.29) is 16.3 Å². The zero-order valence-electron chi connectivity index (χ0n) is 11.9. The summed E-state index contributed by atoms with van der Waals surface area (Å²) in [4.78, 5) is 35.0. The minimum atomic E-state index is -0.840. The molecule has 0 aliphatic carbocycles. The highest BCUT2D eigenvalue weighted by Crippen LogP contribution is 2.18. The third kappa shape index (κ3) is 4.68. The van der Waals surface area contributed by atoms with Crippen LogP contribution in [0.5, 0.6) is 0 Å². The zero-order valence-corrected chi connectivity index (χ0v) is 12.7. The number of ether oxygens (including phenoxy) is 1. The Balaban J connectivity index is 1.90. The van der Waals surface area contributed by atoms with Crippen molar-refractivity contribution in [1.29, 1.82) is 0 Å². The van der Waals surface area contributed by atoms with E-state index in [0.29, 0.717) is 10.9 Å². The summed E-state index contributed by atoms with van der Waals surface area (Å²) in [5.41, 5.74) is -0.0847. The number of hydrogen-bond donors (Lipinski definition) is 1. The predicted octanol–water partition coefficient (Wildman–Crippen LogP) is 3.02. The number of hydrogen-bond acceptors (Lipinski definition) is 5. The van der Waals surface area contributed by atoms with Crippen LogP contribution < -0.4 is 5.32 Å². The van der Waals surface area contributed by atoms with Crippen molar-refractivity contribution in [3.8, 4) is 0 Å². The minimum Gasteiger partial charge on any atom is -0.451 e. The number of rotatable bonds is 5. The summed E-state index contributed by atoms with van der Waals surface area (Å²) in [5.74, 6) is -3.37. The Labute approximate surface area is 133 Å². The lowest BCUT2D eigenvalue weighted by molar-refractivity contribution is -0.119. The van der Waals surface area contributed by atoms with Crippen LogP contribution in [-0.4, -0.2) is 24.3 Å². The molecule has 0 atom stereocenters. The molecule has 0 spiro atoms. The third-order valence-electron chi connectivity index (χ3n) is 2.63. The van der Waals surface area contributed by atoms with Crippen molar-refractivity contribution in [3.63, 3.8) is 0 Å². The third-order valence-corrected chi connectivity index (χ3v) is 3.80. The summed E-state index contributed by atoms with van der Waals surface area (Å²) in [5, 5.41) is 2.21. The average molecular weight is 339 g/mol. The van der Waals surface area contributed by atoms with E-state index >= 15 is 0 Å². The molecule has 2 rings (SSSR count). The van der Waals surface area contributed by atoms with Crippen LogP contribution >= 0.6 is 11.3 Å². The van der Waals surface area contributed by atoms with Gasteiger partial charge in [0.25, 0.3) is 5.91 Å². The van der Waals surface area contributed by atoms with Gasteiger partial charge in [0.05, 0.1) is 4.88 Å². The molecule has 120 valence electrons. The number of thiophene rings is 1. The number of carbonyl (C=O) groups is 3. The Morgan fingerprint density at radius 3 is 2.26 bits per heavy atom. The number of nitrogens with one attached hydrogen (secondary N) is 1. The molecule has 0 saturated carbocycles. The van der Waals surface area contributed by atoms with Crippen molar-refractivity contribution in [1.82, 2.24) is 0 Å². The SMILES string of the molecule is CC(=O)c1ccc(C(=O)OCC(=O)Nc2cc(F)cc(F)c2)s1. The first-order valence-electron chi connectivity index (χ1n) is 6.39. The molecule has 0 radical (unpaired) electrons. The van der Waals surface area contributed by atoms with Gasteiger partial charge in [-0.2, -0.15) is 0 Å². The molecular weight excluding hydrogens is 328 g/mol. The number of halogens is 2. The lowest BCUT2D eigenvalue weighted by Gasteiger charge is -2.06. The number of benzene rings is 1. The normalized spacial score (nSPS) is 10.2. The van der Waals surface area contributed by atoms with Gasteiger partial charge in [0.2, 0.25) is 0 Å². The van der Waals surface area contributed by atoms with Gasteiger partial charge < -0.3 is 10.1 Å². The maximum absolute atomic E-state index is 13.0. The van der Waals surface area contributed by atoms with Gasteiger partial charge in [0.15, 0.2) is 12.4 Å². The monoisotopic (exact) mass is 339 g/mol. The number of esters is 1. The van der Waals surface area contributed by atoms with Crippen molar-refractivity contribution in [2.24, 2.45) is 0 Å². The van der Waals surface area contributed by atoms with Gasteiger partial charge in [-0.3, -0.25) is 9.59 Å². The van der Waals surface area contributed by atoms with Crippen LogP contribution in [0, 0.1) is 11.6 Å². The summed E-state index contributed by atoms with van der Waals surface area (Å²) >= 11 is 0.954. The highest BCUT2D eigenvalue weighted by atomic mass is 32.1. The number of anilines is 1. The molecule has 8 heteroatoms. The molecule has 1 heterocycles. The van der Waals surface area contributed by atoms with Gasteiger partial charge in [-0.1, -0.05) is 0 Å². The summed E-state index contributed by atoms with van der Waals surface area (Å²) < 4.78 is 30.7. The first-order valence-corrected chi connectivity index (χ1v) is 7.20. The molecule has 0 fully saturated rings. The van der Waals surface area contributed by atoms with E-state index in [2.05, 4.69) is 5.32 Å². The van der Waals surface area contributed by atoms with E-state index < -0.39 is 30.1 Å². The molecular formula is C15H11F2NO4S. The van der Waals surface area contributed by atoms with Crippen LogP contribution in [0.3, 0.4) is 0 Å². The molecule has 0 aliphatic rings. The van der Waals surface area contributed by atoms with Gasteiger partial charge in [0, 0.05) is 11.8 Å². The summed E-state index contributed by atoms with van der Waals surface area (Å²) in [6, 6.07) is 5.43. The molecule has 0 saturated heterocycles. The largest absolute Gasteiger partial charge is 0.451 e. The highest BCUT2D eigenvalue weighted by molar-refractivity contribution is 7.15. The molecule has 2 aromatic rings. The smallest absolute Gasteiger partial charge is 0.348 e. The number of amides is 1. The zero-order chi connectivity index (χ0) is 17.0. The standard InChI is InChI=1S/C15H11F2NO4S/c1-8(19)12-2-3-13(23-12)15(21)22-7-14(20)18-11-5-9(16)4-10(17)6-11/h2-6H,7H2,1H3,(H,18,20). The van der Waals surface area contributed by atoms with E-state index in [4.69, 9.17) is 4.74 Å². The van der Waals surface area contributed by atoms with Crippen LogP contribution in [-0.2, 0) is 9.53 Å². The van der Waals surface area contributed by atoms with Gasteiger partial charge in [-0.25, -0.2) is 13.6 Å². The fourth-order valence-electron chi connectivity index (χ4n) is 1.66. The molecule has 0 unspecified atom stereocenters. The Morgan fingerprint density at radius 2 is 1.70 bits per heavy atom. The quantitative estimate of drug-likeness (QED) is 0.671. The molecule has 1 N–H and O–H groups in total. The maximum atomic E-state index is 13.0. The first-order chi connectivity index (χ1) is 10.8. The van der Waals surface area contributed by atoms with Crippen molar-refractivity contribution in [2.75, 3.05) is 11.9 Å². The van der Waals surface area contributed by atoms with Crippen molar-refractivity contribution >= 4 is 34.7 Å². The van der Waals surface area contributed by atoms with Gasteiger partial charge in [-0.05, 0) is 31.2 Å². The predicted molar refractivity (Wildman–Crippen MR) is 79.6 cm³/mol. The molecule has 1 aromatic carbocycles. The van der Waals surface area contributed by atoms with E-state index in [9.17, 15) is 23.2 Å². The van der Waals surface area contributed by atoms with Crippen molar-refractivity contribution < 1.29 is 27.9 Å². The summed E-state index contributed by atoms with van der Waals surface area (Å²) in [7, 11) is 0. The van der Waals surface area contributed by atoms with E-state index in [1.807, 2.05) is 0 Å². The Bertz CT molecular complexity index is 752. The lowest BCUT2D eigenvalue weighted by atomic mass is 10.3. The fraction of sp³-hybridized carbons (Fsp3) is 0.133. The second kappa shape index (κ2) is 7.10. The minimum absolute atomic E-state index is 0.0847. The number of Topliss-reactive ketones (excluding diaryl/α,β-unsaturated/α-hetero) is 1. The molecule has 0 bridgehead atoms. The highest BCUT2D eigenvalue weighted by Gasteiger charge is 2.14. The van der Waals surface area contributed by atoms with Crippen LogP contribution in [0.25, 0.3) is 0 Å². The lowest BCUT2D eigenvalue weighted by Crippen LogP contribution is -2.20. The molecule has 23 heavy (non-hydrogen) atoms. The Hall–Kier alpha value is -2.61. The Morgan fingerprint density at radius 1 is 1.09 bits per heavy atom. The van der Waals surface area contributed by atoms with E-state index in [1.54, 1.807) is 0 Å². The van der Waals surface area contributed by atoms with Gasteiger partial charge >= 0.3 is 5.97 Å². The topological polar surface area (TPSA) is 72.5 Å². The number of ketones is 1. The molecule has 0 aliphatic heterocycles. The van der Waals surface area contributed by atoms with Crippen molar-refractivity contribution in [3.05, 3.63) is 51.7 Å². The molecule has 5 nitrogen and oxygen atoms in total. The van der Waals surface area contributed by atoms with Crippen LogP contribution in [0.4, 0.5) is 14.5 Å². The van der Waals surface area contributed by atoms with Crippen LogP contribution in [0.2, 0.25) is 0 Å². The molecule has 1 aromatic heterocycles. The number of carbonyl (C=O) groups excluding carboxylic acids is 3. The van der Waals surface area contributed by atoms with Gasteiger partial charge in [-0.15, -0.1) is 11.3 Å². The first kappa shape index (κ1) is 16.8. The second-order valence-corrected chi connectivity index (χ2v) is 5.59. The van der Waals surface area contributed by atoms with Gasteiger partial charge in [0.1, 0.15) is 16.5 Å². The molecule has 1 amide bonds. The van der Waals surface area contributed by atoms with E-state index in [1.165, 1.54) is 19.1 Å². The van der Waals surface area contributed by atoms with Crippen LogP contribution in [0.1, 0.15) is 26.3 Å². The average Bonchev–Trinajstić information content (AvgIpc) is 2.93. The van der Waals surface area contributed by atoms with Crippen LogP contribution in [0.15, 0.2) is 30.3 Å². The van der Waals surface area contributed by atoms with E-state index in [0.717, 1.165) is 23.5 Å². The Kier molecular flexibility index (Phi) is 5.17. The van der Waals surface area contributed by atoms with Crippen molar-refractivity contribution in [2.45, 2.75) is 6.92 Å². The maximum Gasteiger partial charge on any atom is 0.348 e.